The molecule has 0 fully saturated rings. The molecule has 3 heteroatoms. The standard InChI is InChI=1S/C10H11ClO2/c1-6-2-7-3-9(11)4-8(5-12)10(7)13-6/h3-4,6,12H,2,5H2,1H3. The highest BCUT2D eigenvalue weighted by molar-refractivity contribution is 6.30. The summed E-state index contributed by atoms with van der Waals surface area (Å²) in [5, 5.41) is 9.74. The number of halogens is 1. The Labute approximate surface area is 82.1 Å². The van der Waals surface area contributed by atoms with Gasteiger partial charge in [0, 0.05) is 17.0 Å². The minimum atomic E-state index is -0.0182. The number of hydrogen-bond acceptors (Lipinski definition) is 2. The average Bonchev–Trinajstić information content (AvgIpc) is 2.43. The van der Waals surface area contributed by atoms with E-state index in [1.54, 1.807) is 6.07 Å². The quantitative estimate of drug-likeness (QED) is 0.750. The molecule has 2 nitrogen and oxygen atoms in total. The molecule has 0 bridgehead atoms. The van der Waals surface area contributed by atoms with Crippen LogP contribution in [0.1, 0.15) is 18.1 Å². The predicted octanol–water partition coefficient (Wildman–Crippen LogP) is 2.16. The van der Waals surface area contributed by atoms with Crippen LogP contribution in [0.5, 0.6) is 5.75 Å². The van der Waals surface area contributed by atoms with Crippen molar-refractivity contribution in [3.63, 3.8) is 0 Å². The minimum Gasteiger partial charge on any atom is -0.490 e. The Balaban J connectivity index is 2.50. The van der Waals surface area contributed by atoms with E-state index in [2.05, 4.69) is 0 Å². The summed E-state index contributed by atoms with van der Waals surface area (Å²) in [6, 6.07) is 3.65. The van der Waals surface area contributed by atoms with Gasteiger partial charge < -0.3 is 9.84 Å². The zero-order valence-corrected chi connectivity index (χ0v) is 8.14. The fraction of sp³-hybridized carbons (Fsp3) is 0.400. The molecule has 0 aliphatic carbocycles. The van der Waals surface area contributed by atoms with E-state index in [1.165, 1.54) is 0 Å². The SMILES string of the molecule is CC1Cc2cc(Cl)cc(CO)c2O1. The molecule has 1 heterocycles. The summed E-state index contributed by atoms with van der Waals surface area (Å²) in [5.41, 5.74) is 1.89. The van der Waals surface area contributed by atoms with Gasteiger partial charge in [-0.25, -0.2) is 0 Å². The third-order valence-corrected chi connectivity index (χ3v) is 2.42. The molecule has 0 amide bonds. The van der Waals surface area contributed by atoms with Gasteiger partial charge in [0.1, 0.15) is 11.9 Å². The molecule has 1 aliphatic heterocycles. The number of fused-ring (bicyclic) bond motifs is 1. The van der Waals surface area contributed by atoms with Crippen LogP contribution in [0.2, 0.25) is 5.02 Å². The van der Waals surface area contributed by atoms with E-state index in [-0.39, 0.29) is 12.7 Å². The van der Waals surface area contributed by atoms with Gasteiger partial charge in [-0.3, -0.25) is 0 Å². The Hall–Kier alpha value is -0.730. The fourth-order valence-corrected chi connectivity index (χ4v) is 1.95. The Kier molecular flexibility index (Phi) is 2.18. The van der Waals surface area contributed by atoms with Crippen molar-refractivity contribution in [3.05, 3.63) is 28.3 Å². The number of aliphatic hydroxyl groups excluding tert-OH is 1. The molecule has 0 saturated heterocycles. The molecule has 1 aliphatic rings. The monoisotopic (exact) mass is 198 g/mol. The maximum atomic E-state index is 9.07. The molecule has 13 heavy (non-hydrogen) atoms. The topological polar surface area (TPSA) is 29.5 Å². The number of benzene rings is 1. The summed E-state index contributed by atoms with van der Waals surface area (Å²) in [5.74, 6) is 0.819. The molecule has 0 saturated carbocycles. The molecule has 0 spiro atoms. The molecule has 1 N–H and O–H groups in total. The van der Waals surface area contributed by atoms with Gasteiger partial charge in [0.15, 0.2) is 0 Å². The van der Waals surface area contributed by atoms with Crippen LogP contribution in [-0.2, 0) is 13.0 Å². The molecule has 1 aromatic rings. The van der Waals surface area contributed by atoms with Gasteiger partial charge in [-0.15, -0.1) is 0 Å². The fourth-order valence-electron chi connectivity index (χ4n) is 1.68. The molecule has 0 aromatic heterocycles. The Morgan fingerprint density at radius 3 is 3.08 bits per heavy atom. The second kappa shape index (κ2) is 3.20. The smallest absolute Gasteiger partial charge is 0.128 e. The maximum absolute atomic E-state index is 9.07. The molecule has 1 aromatic carbocycles. The van der Waals surface area contributed by atoms with Gasteiger partial charge in [0.05, 0.1) is 6.61 Å². The lowest BCUT2D eigenvalue weighted by Gasteiger charge is -2.07. The molecular weight excluding hydrogens is 188 g/mol. The molecule has 1 unspecified atom stereocenters. The summed E-state index contributed by atoms with van der Waals surface area (Å²) in [6.07, 6.45) is 1.07. The summed E-state index contributed by atoms with van der Waals surface area (Å²) in [4.78, 5) is 0. The first-order valence-electron chi connectivity index (χ1n) is 4.29. The third kappa shape index (κ3) is 1.52. The third-order valence-electron chi connectivity index (χ3n) is 2.20. The number of rotatable bonds is 1. The van der Waals surface area contributed by atoms with Gasteiger partial charge in [-0.05, 0) is 24.6 Å². The van der Waals surface area contributed by atoms with Crippen molar-refractivity contribution < 1.29 is 9.84 Å². The molecule has 2 rings (SSSR count). The van der Waals surface area contributed by atoms with E-state index in [0.29, 0.717) is 5.02 Å². The number of aliphatic hydroxyl groups is 1. The van der Waals surface area contributed by atoms with E-state index >= 15 is 0 Å². The lowest BCUT2D eigenvalue weighted by molar-refractivity contribution is 0.237. The zero-order valence-electron chi connectivity index (χ0n) is 7.38. The van der Waals surface area contributed by atoms with Crippen molar-refractivity contribution in [1.29, 1.82) is 0 Å². The largest absolute Gasteiger partial charge is 0.490 e. The van der Waals surface area contributed by atoms with Crippen molar-refractivity contribution in [3.8, 4) is 5.75 Å². The Morgan fingerprint density at radius 1 is 1.62 bits per heavy atom. The highest BCUT2D eigenvalue weighted by atomic mass is 35.5. The van der Waals surface area contributed by atoms with Crippen LogP contribution in [0.15, 0.2) is 12.1 Å². The van der Waals surface area contributed by atoms with Gasteiger partial charge in [-0.2, -0.15) is 0 Å². The molecule has 70 valence electrons. The highest BCUT2D eigenvalue weighted by Crippen LogP contribution is 2.35. The van der Waals surface area contributed by atoms with Gasteiger partial charge in [-0.1, -0.05) is 11.6 Å². The lowest BCUT2D eigenvalue weighted by atomic mass is 10.1. The average molecular weight is 199 g/mol. The number of hydrogen-bond donors (Lipinski definition) is 1. The predicted molar refractivity (Wildman–Crippen MR) is 51.2 cm³/mol. The van der Waals surface area contributed by atoms with E-state index in [4.69, 9.17) is 21.4 Å². The van der Waals surface area contributed by atoms with Crippen LogP contribution in [0.4, 0.5) is 0 Å². The molecule has 1 atom stereocenters. The Bertz CT molecular complexity index is 336. The first kappa shape index (κ1) is 8.85. The van der Waals surface area contributed by atoms with Gasteiger partial charge >= 0.3 is 0 Å². The number of ether oxygens (including phenoxy) is 1. The van der Waals surface area contributed by atoms with Crippen LogP contribution in [-0.4, -0.2) is 11.2 Å². The second-order valence-electron chi connectivity index (χ2n) is 3.34. The lowest BCUT2D eigenvalue weighted by Crippen LogP contribution is -2.05. The van der Waals surface area contributed by atoms with E-state index < -0.39 is 0 Å². The normalized spacial score (nSPS) is 19.8. The summed E-state index contributed by atoms with van der Waals surface area (Å²) in [6.45, 7) is 1.99. The van der Waals surface area contributed by atoms with Crippen LogP contribution < -0.4 is 4.74 Å². The second-order valence-corrected chi connectivity index (χ2v) is 3.78. The van der Waals surface area contributed by atoms with Crippen molar-refractivity contribution in [1.82, 2.24) is 0 Å². The summed E-state index contributed by atoms with van der Waals surface area (Å²) >= 11 is 5.89. The van der Waals surface area contributed by atoms with E-state index in [1.807, 2.05) is 13.0 Å². The van der Waals surface area contributed by atoms with Crippen molar-refractivity contribution >= 4 is 11.6 Å². The first-order valence-corrected chi connectivity index (χ1v) is 4.67. The van der Waals surface area contributed by atoms with Crippen LogP contribution in [0.3, 0.4) is 0 Å². The zero-order chi connectivity index (χ0) is 9.42. The van der Waals surface area contributed by atoms with Crippen LogP contribution in [0.25, 0.3) is 0 Å². The summed E-state index contributed by atoms with van der Waals surface area (Å²) < 4.78 is 5.57. The maximum Gasteiger partial charge on any atom is 0.128 e. The minimum absolute atomic E-state index is 0.0182. The van der Waals surface area contributed by atoms with Crippen molar-refractivity contribution in [2.45, 2.75) is 26.1 Å². The van der Waals surface area contributed by atoms with Gasteiger partial charge in [0.2, 0.25) is 0 Å². The Morgan fingerprint density at radius 2 is 2.38 bits per heavy atom. The summed E-state index contributed by atoms with van der Waals surface area (Å²) in [7, 11) is 0. The molecular formula is C10H11ClO2. The van der Waals surface area contributed by atoms with Gasteiger partial charge in [0.25, 0.3) is 0 Å². The van der Waals surface area contributed by atoms with Crippen molar-refractivity contribution in [2.75, 3.05) is 0 Å². The van der Waals surface area contributed by atoms with E-state index in [9.17, 15) is 0 Å². The highest BCUT2D eigenvalue weighted by Gasteiger charge is 2.22. The molecule has 0 radical (unpaired) electrons. The van der Waals surface area contributed by atoms with Crippen molar-refractivity contribution in [2.24, 2.45) is 0 Å². The van der Waals surface area contributed by atoms with Crippen LogP contribution >= 0.6 is 11.6 Å². The van der Waals surface area contributed by atoms with Crippen LogP contribution in [0, 0.1) is 0 Å². The first-order chi connectivity index (χ1) is 6.20. The van der Waals surface area contributed by atoms with E-state index in [0.717, 1.165) is 23.3 Å².